The van der Waals surface area contributed by atoms with E-state index in [4.69, 9.17) is 4.74 Å². The zero-order chi connectivity index (χ0) is 14.2. The van der Waals surface area contributed by atoms with Crippen LogP contribution in [0.3, 0.4) is 0 Å². The first-order valence-corrected chi connectivity index (χ1v) is 9.02. The third-order valence-electron chi connectivity index (χ3n) is 3.54. The van der Waals surface area contributed by atoms with Gasteiger partial charge in [-0.05, 0) is 31.0 Å². The molecule has 0 bridgehead atoms. The van der Waals surface area contributed by atoms with Crippen LogP contribution in [-0.4, -0.2) is 38.1 Å². The molecule has 1 saturated heterocycles. The van der Waals surface area contributed by atoms with Crippen LogP contribution >= 0.6 is 11.3 Å². The van der Waals surface area contributed by atoms with Gasteiger partial charge in [-0.2, -0.15) is 0 Å². The molecule has 2 heterocycles. The molecule has 7 heteroatoms. The van der Waals surface area contributed by atoms with Gasteiger partial charge in [-0.3, -0.25) is 0 Å². The van der Waals surface area contributed by atoms with Crippen LogP contribution in [0.4, 0.5) is 5.13 Å². The van der Waals surface area contributed by atoms with Crippen molar-refractivity contribution in [1.29, 1.82) is 0 Å². The fourth-order valence-electron chi connectivity index (χ4n) is 2.40. The summed E-state index contributed by atoms with van der Waals surface area (Å²) in [6.07, 6.45) is 1.51. The summed E-state index contributed by atoms with van der Waals surface area (Å²) in [4.78, 5) is 4.45. The Bertz CT molecular complexity index is 724. The van der Waals surface area contributed by atoms with Crippen LogP contribution in [0.2, 0.25) is 0 Å². The minimum atomic E-state index is -2.90. The van der Waals surface area contributed by atoms with Crippen LogP contribution in [0.15, 0.2) is 18.2 Å². The molecule has 2 aromatic rings. The maximum Gasteiger partial charge on any atom is 0.183 e. The Kier molecular flexibility index (Phi) is 3.55. The number of methoxy groups -OCH3 is 1. The van der Waals surface area contributed by atoms with Gasteiger partial charge in [0.25, 0.3) is 0 Å². The summed E-state index contributed by atoms with van der Waals surface area (Å²) in [6.45, 7) is 0.444. The number of benzene rings is 1. The Morgan fingerprint density at radius 1 is 1.50 bits per heavy atom. The lowest BCUT2D eigenvalue weighted by molar-refractivity contribution is 0.415. The molecule has 0 aliphatic carbocycles. The second kappa shape index (κ2) is 5.21. The van der Waals surface area contributed by atoms with E-state index in [1.807, 2.05) is 18.2 Å². The Hall–Kier alpha value is -1.34. The lowest BCUT2D eigenvalue weighted by Gasteiger charge is -2.09. The van der Waals surface area contributed by atoms with Crippen molar-refractivity contribution in [1.82, 2.24) is 4.98 Å². The summed E-state index contributed by atoms with van der Waals surface area (Å²) in [6, 6.07) is 5.71. The van der Waals surface area contributed by atoms with Crippen molar-refractivity contribution in [3.05, 3.63) is 18.2 Å². The highest BCUT2D eigenvalue weighted by atomic mass is 32.2. The lowest BCUT2D eigenvalue weighted by Crippen LogP contribution is -2.24. The zero-order valence-electron chi connectivity index (χ0n) is 11.1. The van der Waals surface area contributed by atoms with Gasteiger partial charge in [0, 0.05) is 6.54 Å². The van der Waals surface area contributed by atoms with Crippen molar-refractivity contribution < 1.29 is 13.2 Å². The maximum absolute atomic E-state index is 11.8. The summed E-state index contributed by atoms with van der Waals surface area (Å²) >= 11 is 1.51. The van der Waals surface area contributed by atoms with Crippen molar-refractivity contribution in [2.45, 2.75) is 18.1 Å². The predicted octanol–water partition coefficient (Wildman–Crippen LogP) is 2.29. The van der Waals surface area contributed by atoms with Crippen LogP contribution in [-0.2, 0) is 9.84 Å². The number of ether oxygens (including phenoxy) is 1. The zero-order valence-corrected chi connectivity index (χ0v) is 12.8. The van der Waals surface area contributed by atoms with Crippen molar-refractivity contribution in [3.63, 3.8) is 0 Å². The molecular weight excluding hydrogens is 296 g/mol. The van der Waals surface area contributed by atoms with Crippen molar-refractivity contribution >= 4 is 36.5 Å². The molecule has 1 aromatic heterocycles. The summed E-state index contributed by atoms with van der Waals surface area (Å²) in [5, 5.41) is 3.64. The Labute approximate surface area is 121 Å². The molecule has 0 saturated carbocycles. The summed E-state index contributed by atoms with van der Waals surface area (Å²) in [7, 11) is -1.27. The number of aromatic nitrogens is 1. The molecule has 0 radical (unpaired) electrons. The smallest absolute Gasteiger partial charge is 0.183 e. The Morgan fingerprint density at radius 2 is 2.35 bits per heavy atom. The third kappa shape index (κ3) is 2.60. The molecule has 20 heavy (non-hydrogen) atoms. The molecular formula is C13H16N2O3S2. The van der Waals surface area contributed by atoms with Crippen LogP contribution < -0.4 is 10.1 Å². The minimum absolute atomic E-state index is 0.274. The van der Waals surface area contributed by atoms with E-state index in [0.717, 1.165) is 33.9 Å². The first-order chi connectivity index (χ1) is 9.58. The second-order valence-corrected chi connectivity index (χ2v) is 8.30. The van der Waals surface area contributed by atoms with Gasteiger partial charge in [-0.25, -0.2) is 13.4 Å². The Balaban J connectivity index is 1.75. The van der Waals surface area contributed by atoms with E-state index >= 15 is 0 Å². The van der Waals surface area contributed by atoms with E-state index < -0.39 is 9.84 Å². The molecule has 0 amide bonds. The molecule has 0 spiro atoms. The molecule has 1 fully saturated rings. The number of fused-ring (bicyclic) bond motifs is 1. The standard InChI is InChI=1S/C13H16N2O3S2/c1-18-9-4-5-11-12(7-9)19-13(15-11)14-8-10-3-2-6-20(10,16)17/h4-5,7,10H,2-3,6,8H2,1H3,(H,14,15). The van der Waals surface area contributed by atoms with Gasteiger partial charge in [0.05, 0.1) is 28.3 Å². The number of nitrogens with one attached hydrogen (secondary N) is 1. The van der Waals surface area contributed by atoms with Gasteiger partial charge in [-0.15, -0.1) is 0 Å². The predicted molar refractivity (Wildman–Crippen MR) is 81.5 cm³/mol. The van der Waals surface area contributed by atoms with Crippen LogP contribution in [0.5, 0.6) is 5.75 Å². The molecule has 1 aliphatic rings. The second-order valence-electron chi connectivity index (χ2n) is 4.86. The van der Waals surface area contributed by atoms with Crippen molar-refractivity contribution in [2.24, 2.45) is 0 Å². The van der Waals surface area contributed by atoms with Gasteiger partial charge in [-0.1, -0.05) is 11.3 Å². The van der Waals surface area contributed by atoms with Gasteiger partial charge in [0.2, 0.25) is 0 Å². The minimum Gasteiger partial charge on any atom is -0.497 e. The van der Waals surface area contributed by atoms with E-state index in [0.29, 0.717) is 12.3 Å². The molecule has 1 aliphatic heterocycles. The van der Waals surface area contributed by atoms with Crippen molar-refractivity contribution in [3.8, 4) is 5.75 Å². The van der Waals surface area contributed by atoms with E-state index in [1.54, 1.807) is 7.11 Å². The van der Waals surface area contributed by atoms with Crippen LogP contribution in [0.25, 0.3) is 10.2 Å². The molecule has 3 rings (SSSR count). The number of rotatable bonds is 4. The highest BCUT2D eigenvalue weighted by molar-refractivity contribution is 7.92. The molecule has 1 atom stereocenters. The van der Waals surface area contributed by atoms with Gasteiger partial charge in [0.15, 0.2) is 15.0 Å². The van der Waals surface area contributed by atoms with Crippen LogP contribution in [0.1, 0.15) is 12.8 Å². The number of nitrogens with zero attached hydrogens (tertiary/aromatic N) is 1. The van der Waals surface area contributed by atoms with Crippen molar-refractivity contribution in [2.75, 3.05) is 24.7 Å². The number of sulfone groups is 1. The van der Waals surface area contributed by atoms with Gasteiger partial charge >= 0.3 is 0 Å². The normalized spacial score (nSPS) is 21.1. The van der Waals surface area contributed by atoms with E-state index in [2.05, 4.69) is 10.3 Å². The quantitative estimate of drug-likeness (QED) is 0.938. The average Bonchev–Trinajstić information content (AvgIpc) is 2.97. The van der Waals surface area contributed by atoms with Gasteiger partial charge in [0.1, 0.15) is 5.75 Å². The van der Waals surface area contributed by atoms with E-state index in [1.165, 1.54) is 11.3 Å². The number of anilines is 1. The topological polar surface area (TPSA) is 68.3 Å². The highest BCUT2D eigenvalue weighted by Gasteiger charge is 2.31. The largest absolute Gasteiger partial charge is 0.497 e. The fraction of sp³-hybridized carbons (Fsp3) is 0.462. The summed E-state index contributed by atoms with van der Waals surface area (Å²) < 4.78 is 29.7. The number of hydrogen-bond donors (Lipinski definition) is 1. The maximum atomic E-state index is 11.8. The van der Waals surface area contributed by atoms with E-state index in [-0.39, 0.29) is 5.25 Å². The molecule has 108 valence electrons. The SMILES string of the molecule is COc1ccc2nc(NCC3CCCS3(=O)=O)sc2c1. The lowest BCUT2D eigenvalue weighted by atomic mass is 10.2. The number of hydrogen-bond acceptors (Lipinski definition) is 6. The molecule has 1 N–H and O–H groups in total. The number of thiazole rings is 1. The monoisotopic (exact) mass is 312 g/mol. The first-order valence-electron chi connectivity index (χ1n) is 6.48. The average molecular weight is 312 g/mol. The molecule has 5 nitrogen and oxygen atoms in total. The Morgan fingerprint density at radius 3 is 3.05 bits per heavy atom. The fourth-order valence-corrected chi connectivity index (χ4v) is 5.06. The van der Waals surface area contributed by atoms with E-state index in [9.17, 15) is 8.42 Å². The highest BCUT2D eigenvalue weighted by Crippen LogP contribution is 2.29. The summed E-state index contributed by atoms with van der Waals surface area (Å²) in [5.74, 6) is 1.11. The first kappa shape index (κ1) is 13.6. The summed E-state index contributed by atoms with van der Waals surface area (Å²) in [5.41, 5.74) is 0.896. The molecule has 1 aromatic carbocycles. The molecule has 1 unspecified atom stereocenters. The van der Waals surface area contributed by atoms with Gasteiger partial charge < -0.3 is 10.1 Å². The van der Waals surface area contributed by atoms with Crippen LogP contribution in [0, 0.1) is 0 Å². The third-order valence-corrected chi connectivity index (χ3v) is 6.79.